The minimum Gasteiger partial charge on any atom is -0.347 e. The van der Waals surface area contributed by atoms with Gasteiger partial charge in [-0.2, -0.15) is 0 Å². The van der Waals surface area contributed by atoms with Gasteiger partial charge in [-0.1, -0.05) is 19.9 Å². The zero-order valence-electron chi connectivity index (χ0n) is 10.1. The normalized spacial score (nSPS) is 13.6. The summed E-state index contributed by atoms with van der Waals surface area (Å²) in [4.78, 5) is 12.6. The van der Waals surface area contributed by atoms with E-state index in [1.54, 1.807) is 11.3 Å². The molecular weight excluding hydrogens is 258 g/mol. The molecule has 1 N–H and O–H groups in total. The number of thiophene rings is 1. The van der Waals surface area contributed by atoms with E-state index in [0.29, 0.717) is 0 Å². The second-order valence-electron chi connectivity index (χ2n) is 4.37. The molecule has 0 saturated heterocycles. The Morgan fingerprint density at radius 2 is 2.12 bits per heavy atom. The molecule has 1 heterocycles. The van der Waals surface area contributed by atoms with E-state index in [4.69, 9.17) is 0 Å². The van der Waals surface area contributed by atoms with Crippen LogP contribution >= 0.6 is 11.3 Å². The van der Waals surface area contributed by atoms with E-state index >= 15 is 0 Å². The van der Waals surface area contributed by atoms with E-state index in [1.165, 1.54) is 0 Å². The Hall–Kier alpha value is -0.880. The molecule has 1 amide bonds. The second kappa shape index (κ2) is 5.64. The van der Waals surface area contributed by atoms with Gasteiger partial charge < -0.3 is 5.32 Å². The molecule has 17 heavy (non-hydrogen) atoms. The number of hydrogen-bond acceptors (Lipinski definition) is 4. The first-order valence-corrected chi connectivity index (χ1v) is 8.24. The lowest BCUT2D eigenvalue weighted by molar-refractivity contribution is -0.119. The molecule has 0 saturated carbocycles. The van der Waals surface area contributed by atoms with Crippen molar-refractivity contribution in [1.29, 1.82) is 0 Å². The first-order chi connectivity index (χ1) is 7.79. The zero-order chi connectivity index (χ0) is 13.1. The molecule has 1 aromatic rings. The average Bonchev–Trinajstić information content (AvgIpc) is 2.63. The highest BCUT2D eigenvalue weighted by atomic mass is 32.2. The van der Waals surface area contributed by atoms with Crippen molar-refractivity contribution in [2.75, 3.05) is 12.0 Å². The summed E-state index contributed by atoms with van der Waals surface area (Å²) in [5.74, 6) is -0.682. The minimum atomic E-state index is -3.27. The van der Waals surface area contributed by atoms with Crippen molar-refractivity contribution in [1.82, 2.24) is 5.32 Å². The van der Waals surface area contributed by atoms with E-state index in [9.17, 15) is 13.2 Å². The van der Waals surface area contributed by atoms with E-state index in [1.807, 2.05) is 31.4 Å². The fraction of sp³-hybridized carbons (Fsp3) is 0.545. The summed E-state index contributed by atoms with van der Waals surface area (Å²) in [7, 11) is -3.27. The Labute approximate surface area is 106 Å². The van der Waals surface area contributed by atoms with Gasteiger partial charge >= 0.3 is 0 Å². The summed E-state index contributed by atoms with van der Waals surface area (Å²) in [6.45, 7) is 3.98. The van der Waals surface area contributed by atoms with Gasteiger partial charge in [0.15, 0.2) is 9.84 Å². The molecule has 0 aromatic carbocycles. The van der Waals surface area contributed by atoms with Crippen LogP contribution in [0.15, 0.2) is 17.5 Å². The van der Waals surface area contributed by atoms with E-state index in [2.05, 4.69) is 5.32 Å². The van der Waals surface area contributed by atoms with Crippen molar-refractivity contribution in [2.24, 2.45) is 5.92 Å². The quantitative estimate of drug-likeness (QED) is 0.888. The van der Waals surface area contributed by atoms with Crippen LogP contribution in [0.25, 0.3) is 0 Å². The zero-order valence-corrected chi connectivity index (χ0v) is 11.8. The average molecular weight is 275 g/mol. The van der Waals surface area contributed by atoms with E-state index in [-0.39, 0.29) is 12.0 Å². The third-order valence-corrected chi connectivity index (χ3v) is 3.97. The van der Waals surface area contributed by atoms with Crippen molar-refractivity contribution < 1.29 is 13.2 Å². The largest absolute Gasteiger partial charge is 0.347 e. The predicted molar refractivity (Wildman–Crippen MR) is 69.8 cm³/mol. The molecule has 1 rings (SSSR count). The highest BCUT2D eigenvalue weighted by Crippen LogP contribution is 2.25. The highest BCUT2D eigenvalue weighted by molar-refractivity contribution is 7.91. The molecule has 4 nitrogen and oxygen atoms in total. The van der Waals surface area contributed by atoms with Gasteiger partial charge in [-0.05, 0) is 17.4 Å². The van der Waals surface area contributed by atoms with Crippen molar-refractivity contribution in [2.45, 2.75) is 19.9 Å². The van der Waals surface area contributed by atoms with Crippen LogP contribution in [-0.2, 0) is 14.6 Å². The maximum Gasteiger partial charge on any atom is 0.235 e. The van der Waals surface area contributed by atoms with Gasteiger partial charge in [0.25, 0.3) is 0 Å². The first-order valence-electron chi connectivity index (χ1n) is 5.30. The van der Waals surface area contributed by atoms with Gasteiger partial charge in [0.2, 0.25) is 5.91 Å². The fourth-order valence-corrected chi connectivity index (χ4v) is 3.00. The molecule has 0 spiro atoms. The van der Waals surface area contributed by atoms with Gasteiger partial charge in [0, 0.05) is 11.1 Å². The molecule has 1 atom stereocenters. The van der Waals surface area contributed by atoms with Crippen LogP contribution in [0.3, 0.4) is 0 Å². The molecule has 1 aromatic heterocycles. The Morgan fingerprint density at radius 3 is 2.53 bits per heavy atom. The summed E-state index contributed by atoms with van der Waals surface area (Å²) in [5.41, 5.74) is 0. The topological polar surface area (TPSA) is 63.2 Å². The third kappa shape index (κ3) is 4.87. The summed E-state index contributed by atoms with van der Waals surface area (Å²) in [6, 6.07) is 3.73. The van der Waals surface area contributed by atoms with Gasteiger partial charge in [-0.25, -0.2) is 8.42 Å². The number of carbonyl (C=O) groups is 1. The van der Waals surface area contributed by atoms with Crippen LogP contribution in [0.2, 0.25) is 0 Å². The number of carbonyl (C=O) groups excluding carboxylic acids is 1. The van der Waals surface area contributed by atoms with Crippen molar-refractivity contribution >= 4 is 27.1 Å². The van der Waals surface area contributed by atoms with Crippen LogP contribution < -0.4 is 5.32 Å². The van der Waals surface area contributed by atoms with Gasteiger partial charge in [0.05, 0.1) is 6.04 Å². The number of hydrogen-bond donors (Lipinski definition) is 1. The standard InChI is InChI=1S/C11H17NO3S2/c1-8(2)11(9-5-4-6-16-9)12-10(13)7-17(3,14)15/h4-6,8,11H,7H2,1-3H3,(H,12,13)/t11-/m0/s1. The minimum absolute atomic E-state index is 0.121. The molecular formula is C11H17NO3S2. The van der Waals surface area contributed by atoms with Crippen molar-refractivity contribution in [3.63, 3.8) is 0 Å². The second-order valence-corrected chi connectivity index (χ2v) is 7.49. The Morgan fingerprint density at radius 1 is 1.47 bits per heavy atom. The predicted octanol–water partition coefficient (Wildman–Crippen LogP) is 1.61. The maximum atomic E-state index is 11.6. The molecule has 0 unspecified atom stereocenters. The molecule has 6 heteroatoms. The van der Waals surface area contributed by atoms with Crippen LogP contribution in [0.1, 0.15) is 24.8 Å². The molecule has 0 aliphatic heterocycles. The summed E-state index contributed by atoms with van der Waals surface area (Å²) in [5, 5.41) is 4.71. The van der Waals surface area contributed by atoms with E-state index < -0.39 is 21.5 Å². The Bertz CT molecular complexity index is 463. The number of nitrogens with one attached hydrogen (secondary N) is 1. The monoisotopic (exact) mass is 275 g/mol. The summed E-state index contributed by atoms with van der Waals surface area (Å²) >= 11 is 1.56. The van der Waals surface area contributed by atoms with Crippen LogP contribution in [0.4, 0.5) is 0 Å². The molecule has 0 aliphatic rings. The number of rotatable bonds is 5. The summed E-state index contributed by atoms with van der Waals surface area (Å²) in [6.07, 6.45) is 1.06. The molecule has 0 aliphatic carbocycles. The van der Waals surface area contributed by atoms with Crippen molar-refractivity contribution in [3.8, 4) is 0 Å². The lowest BCUT2D eigenvalue weighted by atomic mass is 10.0. The van der Waals surface area contributed by atoms with Gasteiger partial charge in [-0.3, -0.25) is 4.79 Å². The lowest BCUT2D eigenvalue weighted by Crippen LogP contribution is -2.35. The maximum absolute atomic E-state index is 11.6. The molecule has 0 fully saturated rings. The Balaban J connectivity index is 2.72. The van der Waals surface area contributed by atoms with Crippen LogP contribution in [0.5, 0.6) is 0 Å². The smallest absolute Gasteiger partial charge is 0.235 e. The number of sulfone groups is 1. The SMILES string of the molecule is CC(C)[C@H](NC(=O)CS(C)(=O)=O)c1cccs1. The highest BCUT2D eigenvalue weighted by Gasteiger charge is 2.21. The van der Waals surface area contributed by atoms with Crippen LogP contribution in [0, 0.1) is 5.92 Å². The number of amides is 1. The fourth-order valence-electron chi connectivity index (χ4n) is 1.49. The lowest BCUT2D eigenvalue weighted by Gasteiger charge is -2.21. The summed E-state index contributed by atoms with van der Waals surface area (Å²) < 4.78 is 22.0. The third-order valence-electron chi connectivity index (χ3n) is 2.23. The van der Waals surface area contributed by atoms with Gasteiger partial charge in [-0.15, -0.1) is 11.3 Å². The van der Waals surface area contributed by atoms with Crippen molar-refractivity contribution in [3.05, 3.63) is 22.4 Å². The molecule has 0 radical (unpaired) electrons. The first kappa shape index (κ1) is 14.2. The van der Waals surface area contributed by atoms with Gasteiger partial charge in [0.1, 0.15) is 5.75 Å². The Kier molecular flexibility index (Phi) is 4.70. The van der Waals surface area contributed by atoms with Crippen LogP contribution in [-0.4, -0.2) is 26.3 Å². The molecule has 0 bridgehead atoms. The molecule has 96 valence electrons. The van der Waals surface area contributed by atoms with E-state index in [0.717, 1.165) is 11.1 Å².